The zero-order chi connectivity index (χ0) is 16.4. The van der Waals surface area contributed by atoms with E-state index in [1.165, 1.54) is 19.3 Å². The van der Waals surface area contributed by atoms with Gasteiger partial charge in [0.25, 0.3) is 5.91 Å². The lowest BCUT2D eigenvalue weighted by Gasteiger charge is -2.43. The molecule has 122 valence electrons. The van der Waals surface area contributed by atoms with Crippen LogP contribution in [0.2, 0.25) is 5.02 Å². The van der Waals surface area contributed by atoms with Crippen LogP contribution in [0.4, 0.5) is 0 Å². The Bertz CT molecular complexity index is 789. The molecule has 1 heterocycles. The van der Waals surface area contributed by atoms with E-state index >= 15 is 0 Å². The van der Waals surface area contributed by atoms with Gasteiger partial charge in [-0.3, -0.25) is 4.79 Å². The summed E-state index contributed by atoms with van der Waals surface area (Å²) in [7, 11) is 0. The van der Waals surface area contributed by atoms with Crippen LogP contribution < -0.4 is 5.32 Å². The molecule has 1 amide bonds. The number of halogens is 1. The van der Waals surface area contributed by atoms with Crippen LogP contribution in [0.15, 0.2) is 24.3 Å². The lowest BCUT2D eigenvalue weighted by atomic mass is 9.68. The topological polar surface area (TPSA) is 44.9 Å². The summed E-state index contributed by atoms with van der Waals surface area (Å²) in [5, 5.41) is 4.99. The van der Waals surface area contributed by atoms with Crippen molar-refractivity contribution < 1.29 is 4.79 Å². The van der Waals surface area contributed by atoms with Gasteiger partial charge in [0.15, 0.2) is 0 Å². The highest BCUT2D eigenvalue weighted by molar-refractivity contribution is 6.31. The maximum Gasteiger partial charge on any atom is 0.267 e. The Kier molecular flexibility index (Phi) is 3.12. The molecule has 0 aliphatic heterocycles. The highest BCUT2D eigenvalue weighted by Gasteiger charge is 2.59. The van der Waals surface area contributed by atoms with Crippen LogP contribution in [0.3, 0.4) is 0 Å². The van der Waals surface area contributed by atoms with E-state index in [2.05, 4.69) is 31.1 Å². The Morgan fingerprint density at radius 3 is 2.78 bits per heavy atom. The van der Waals surface area contributed by atoms with Crippen molar-refractivity contribution in [3.05, 3.63) is 35.0 Å². The van der Waals surface area contributed by atoms with E-state index in [1.54, 1.807) is 0 Å². The molecule has 2 aliphatic rings. The lowest BCUT2D eigenvalue weighted by Crippen LogP contribution is -2.52. The molecule has 3 nitrogen and oxygen atoms in total. The number of benzene rings is 1. The minimum atomic E-state index is -0.0100. The number of aromatic nitrogens is 1. The van der Waals surface area contributed by atoms with E-state index in [0.29, 0.717) is 10.7 Å². The number of carbonyl (C=O) groups excluding carboxylic acids is 1. The first-order valence-corrected chi connectivity index (χ1v) is 8.76. The monoisotopic (exact) mass is 330 g/mol. The molecular weight excluding hydrogens is 308 g/mol. The fraction of sp³-hybridized carbons (Fsp3) is 0.526. The summed E-state index contributed by atoms with van der Waals surface area (Å²) in [5.74, 6) is 0.712. The first-order chi connectivity index (χ1) is 10.8. The van der Waals surface area contributed by atoms with Crippen LogP contribution in [0, 0.1) is 16.7 Å². The van der Waals surface area contributed by atoms with Gasteiger partial charge in [0.2, 0.25) is 0 Å². The molecule has 23 heavy (non-hydrogen) atoms. The standard InChI is InChI=1S/C19H23ClN2O/c1-18(2)12-6-7-19(3,10-12)17(18)22-16(23)15-9-11-8-13(20)4-5-14(11)21-15/h4-5,8-9,12,17,21H,6-7,10H2,1-3H3,(H,22,23)/t12?,17?,19-/m1/s1. The maximum atomic E-state index is 12.8. The summed E-state index contributed by atoms with van der Waals surface area (Å²) in [6, 6.07) is 7.75. The highest BCUT2D eigenvalue weighted by atomic mass is 35.5. The number of aromatic amines is 1. The average molecular weight is 331 g/mol. The van der Waals surface area contributed by atoms with Crippen molar-refractivity contribution in [2.75, 3.05) is 0 Å². The zero-order valence-corrected chi connectivity index (χ0v) is 14.6. The Morgan fingerprint density at radius 2 is 2.09 bits per heavy atom. The lowest BCUT2D eigenvalue weighted by molar-refractivity contribution is 0.0734. The predicted octanol–water partition coefficient (Wildman–Crippen LogP) is 4.77. The fourth-order valence-corrected chi connectivity index (χ4v) is 5.28. The first kappa shape index (κ1) is 15.1. The molecule has 2 aliphatic carbocycles. The maximum absolute atomic E-state index is 12.8. The predicted molar refractivity (Wildman–Crippen MR) is 93.8 cm³/mol. The number of hydrogen-bond donors (Lipinski definition) is 2. The van der Waals surface area contributed by atoms with Gasteiger partial charge in [-0.15, -0.1) is 0 Å². The van der Waals surface area contributed by atoms with Gasteiger partial charge < -0.3 is 10.3 Å². The van der Waals surface area contributed by atoms with Gasteiger partial charge in [-0.1, -0.05) is 32.4 Å². The largest absolute Gasteiger partial charge is 0.351 e. The number of H-pyrrole nitrogens is 1. The first-order valence-electron chi connectivity index (χ1n) is 8.39. The van der Waals surface area contributed by atoms with Crippen molar-refractivity contribution in [1.29, 1.82) is 0 Å². The third-order valence-corrected chi connectivity index (χ3v) is 6.61. The van der Waals surface area contributed by atoms with E-state index in [0.717, 1.165) is 16.8 Å². The van der Waals surface area contributed by atoms with Gasteiger partial charge in [-0.2, -0.15) is 0 Å². The molecule has 2 aromatic rings. The van der Waals surface area contributed by atoms with E-state index in [-0.39, 0.29) is 22.8 Å². The smallest absolute Gasteiger partial charge is 0.267 e. The van der Waals surface area contributed by atoms with Crippen LogP contribution >= 0.6 is 11.6 Å². The summed E-state index contributed by atoms with van der Waals surface area (Å²) < 4.78 is 0. The number of hydrogen-bond acceptors (Lipinski definition) is 1. The van der Waals surface area contributed by atoms with Crippen molar-refractivity contribution in [3.63, 3.8) is 0 Å². The van der Waals surface area contributed by atoms with E-state index in [9.17, 15) is 4.79 Å². The second-order valence-electron chi connectivity index (χ2n) is 8.24. The second-order valence-corrected chi connectivity index (χ2v) is 8.67. The molecule has 0 spiro atoms. The van der Waals surface area contributed by atoms with E-state index in [4.69, 9.17) is 11.6 Å². The van der Waals surface area contributed by atoms with Gasteiger partial charge in [-0.05, 0) is 60.3 Å². The molecule has 0 radical (unpaired) electrons. The number of carbonyl (C=O) groups is 1. The minimum absolute atomic E-state index is 0.0100. The third-order valence-electron chi connectivity index (χ3n) is 6.37. The van der Waals surface area contributed by atoms with Gasteiger partial charge in [0.05, 0.1) is 0 Å². The van der Waals surface area contributed by atoms with Crippen LogP contribution in [-0.2, 0) is 0 Å². The summed E-state index contributed by atoms with van der Waals surface area (Å²) in [6.07, 6.45) is 3.74. The van der Waals surface area contributed by atoms with Gasteiger partial charge in [0, 0.05) is 22.0 Å². The Balaban J connectivity index is 1.62. The molecule has 1 aromatic heterocycles. The van der Waals surface area contributed by atoms with Gasteiger partial charge in [-0.25, -0.2) is 0 Å². The Labute approximate surface area is 141 Å². The normalized spacial score (nSPS) is 31.7. The number of rotatable bonds is 2. The molecule has 1 aromatic carbocycles. The molecule has 2 bridgehead atoms. The number of amides is 1. The summed E-state index contributed by atoms with van der Waals surface area (Å²) in [4.78, 5) is 16.0. The van der Waals surface area contributed by atoms with Crippen LogP contribution in [0.5, 0.6) is 0 Å². The molecular formula is C19H23ClN2O. The fourth-order valence-electron chi connectivity index (χ4n) is 5.10. The molecule has 2 unspecified atom stereocenters. The summed E-state index contributed by atoms with van der Waals surface area (Å²) in [6.45, 7) is 6.94. The van der Waals surface area contributed by atoms with Crippen molar-refractivity contribution in [2.45, 2.75) is 46.1 Å². The second kappa shape index (κ2) is 4.76. The Hall–Kier alpha value is -1.48. The van der Waals surface area contributed by atoms with Crippen molar-refractivity contribution in [2.24, 2.45) is 16.7 Å². The van der Waals surface area contributed by atoms with Crippen LogP contribution in [-0.4, -0.2) is 16.9 Å². The van der Waals surface area contributed by atoms with E-state index < -0.39 is 0 Å². The van der Waals surface area contributed by atoms with Crippen LogP contribution in [0.25, 0.3) is 10.9 Å². The molecule has 4 heteroatoms. The van der Waals surface area contributed by atoms with Gasteiger partial charge >= 0.3 is 0 Å². The van der Waals surface area contributed by atoms with Crippen molar-refractivity contribution in [3.8, 4) is 0 Å². The Morgan fingerprint density at radius 1 is 1.30 bits per heavy atom. The number of fused-ring (bicyclic) bond motifs is 3. The SMILES string of the molecule is CC1(C)C2CC[C@](C)(C2)C1NC(=O)c1cc2cc(Cl)ccc2[nH]1. The quantitative estimate of drug-likeness (QED) is 0.818. The summed E-state index contributed by atoms with van der Waals surface area (Å²) >= 11 is 6.03. The molecule has 2 fully saturated rings. The average Bonchev–Trinajstić information content (AvgIpc) is 3.11. The zero-order valence-electron chi connectivity index (χ0n) is 13.9. The molecule has 2 saturated carbocycles. The molecule has 4 rings (SSSR count). The number of nitrogens with one attached hydrogen (secondary N) is 2. The molecule has 0 saturated heterocycles. The molecule has 2 N–H and O–H groups in total. The van der Waals surface area contributed by atoms with Crippen molar-refractivity contribution in [1.82, 2.24) is 10.3 Å². The van der Waals surface area contributed by atoms with Gasteiger partial charge in [0.1, 0.15) is 5.69 Å². The van der Waals surface area contributed by atoms with Crippen molar-refractivity contribution >= 4 is 28.4 Å². The highest BCUT2D eigenvalue weighted by Crippen LogP contribution is 2.62. The minimum Gasteiger partial charge on any atom is -0.351 e. The molecule has 3 atom stereocenters. The summed E-state index contributed by atoms with van der Waals surface area (Å²) in [5.41, 5.74) is 1.96. The van der Waals surface area contributed by atoms with Crippen LogP contribution in [0.1, 0.15) is 50.5 Å². The third kappa shape index (κ3) is 2.20. The van der Waals surface area contributed by atoms with E-state index in [1.807, 2.05) is 24.3 Å².